The van der Waals surface area contributed by atoms with Crippen LogP contribution in [0.25, 0.3) is 0 Å². The first-order chi connectivity index (χ1) is 13.1. The van der Waals surface area contributed by atoms with Gasteiger partial charge in [0.1, 0.15) is 0 Å². The Morgan fingerprint density at radius 3 is 2.74 bits per heavy atom. The van der Waals surface area contributed by atoms with E-state index in [1.54, 1.807) is 6.20 Å². The van der Waals surface area contributed by atoms with E-state index in [4.69, 9.17) is 0 Å². The summed E-state index contributed by atoms with van der Waals surface area (Å²) in [5.74, 6) is -2.40. The summed E-state index contributed by atoms with van der Waals surface area (Å²) in [5, 5.41) is 7.44. The van der Waals surface area contributed by atoms with Gasteiger partial charge in [0, 0.05) is 16.8 Å². The average molecular weight is 367 g/mol. The molecule has 0 saturated carbocycles. The molecule has 138 valence electrons. The summed E-state index contributed by atoms with van der Waals surface area (Å²) in [6.07, 6.45) is 4.42. The molecule has 4 nitrogen and oxygen atoms in total. The van der Waals surface area contributed by atoms with Crippen LogP contribution < -0.4 is 5.32 Å². The molecule has 0 aliphatic heterocycles. The van der Waals surface area contributed by atoms with Crippen molar-refractivity contribution in [1.82, 2.24) is 15.1 Å². The Morgan fingerprint density at radius 1 is 1.15 bits per heavy atom. The van der Waals surface area contributed by atoms with Gasteiger partial charge in [0.2, 0.25) is 0 Å². The van der Waals surface area contributed by atoms with Crippen LogP contribution in [0.1, 0.15) is 46.1 Å². The molecule has 3 aromatic rings. The topological polar surface area (TPSA) is 46.9 Å². The van der Waals surface area contributed by atoms with E-state index in [1.165, 1.54) is 6.07 Å². The Hall–Kier alpha value is -3.02. The van der Waals surface area contributed by atoms with Crippen LogP contribution in [-0.4, -0.2) is 15.7 Å². The minimum atomic E-state index is -1.03. The predicted octanol–water partition coefficient (Wildman–Crippen LogP) is 4.02. The molecule has 1 unspecified atom stereocenters. The number of benzene rings is 2. The zero-order chi connectivity index (χ0) is 18.8. The van der Waals surface area contributed by atoms with Crippen LogP contribution in [0.4, 0.5) is 8.78 Å². The van der Waals surface area contributed by atoms with Crippen LogP contribution in [0.5, 0.6) is 0 Å². The van der Waals surface area contributed by atoms with Crippen LogP contribution in [0.15, 0.2) is 54.7 Å². The highest BCUT2D eigenvalue weighted by atomic mass is 19.2. The number of nitrogens with zero attached hydrogens (tertiary/aromatic N) is 2. The lowest BCUT2D eigenvalue weighted by molar-refractivity contribution is 0.0932. The molecular weight excluding hydrogens is 348 g/mol. The molecule has 1 aliphatic rings. The van der Waals surface area contributed by atoms with Gasteiger partial charge >= 0.3 is 0 Å². The fourth-order valence-electron chi connectivity index (χ4n) is 3.54. The summed E-state index contributed by atoms with van der Waals surface area (Å²) in [5.41, 5.74) is 3.38. The molecular formula is C21H19F2N3O. The van der Waals surface area contributed by atoms with Crippen LogP contribution in [-0.2, 0) is 13.0 Å². The number of fused-ring (bicyclic) bond motifs is 1. The second-order valence-electron chi connectivity index (χ2n) is 6.74. The first kappa shape index (κ1) is 17.4. The molecule has 1 aromatic heterocycles. The lowest BCUT2D eigenvalue weighted by atomic mass is 9.92. The van der Waals surface area contributed by atoms with Gasteiger partial charge in [-0.25, -0.2) is 8.78 Å². The number of hydrogen-bond donors (Lipinski definition) is 1. The third-order valence-electron chi connectivity index (χ3n) is 4.93. The van der Waals surface area contributed by atoms with E-state index in [9.17, 15) is 13.6 Å². The van der Waals surface area contributed by atoms with E-state index in [0.29, 0.717) is 6.54 Å². The predicted molar refractivity (Wildman–Crippen MR) is 97.3 cm³/mol. The minimum Gasteiger partial charge on any atom is -0.345 e. The largest absolute Gasteiger partial charge is 0.345 e. The molecule has 1 atom stereocenters. The van der Waals surface area contributed by atoms with E-state index in [2.05, 4.69) is 22.5 Å². The summed E-state index contributed by atoms with van der Waals surface area (Å²) >= 11 is 0. The van der Waals surface area contributed by atoms with Crippen LogP contribution in [0.2, 0.25) is 0 Å². The van der Waals surface area contributed by atoms with E-state index in [0.717, 1.165) is 48.2 Å². The van der Waals surface area contributed by atoms with Crippen molar-refractivity contribution in [3.05, 3.63) is 88.7 Å². The molecule has 4 rings (SSSR count). The van der Waals surface area contributed by atoms with Crippen molar-refractivity contribution in [3.63, 3.8) is 0 Å². The summed E-state index contributed by atoms with van der Waals surface area (Å²) in [6, 6.07) is 13.1. The normalized spacial score (nSPS) is 16.0. The lowest BCUT2D eigenvalue weighted by Gasteiger charge is -2.24. The summed E-state index contributed by atoms with van der Waals surface area (Å²) in [6.45, 7) is 0.681. The molecule has 0 radical (unpaired) electrons. The number of nitrogens with one attached hydrogen (secondary N) is 1. The molecule has 1 aliphatic carbocycles. The average Bonchev–Trinajstić information content (AvgIpc) is 3.09. The summed E-state index contributed by atoms with van der Waals surface area (Å²) < 4.78 is 28.5. The van der Waals surface area contributed by atoms with E-state index in [1.807, 2.05) is 22.9 Å². The van der Waals surface area contributed by atoms with Gasteiger partial charge < -0.3 is 5.32 Å². The van der Waals surface area contributed by atoms with Crippen LogP contribution in [0.3, 0.4) is 0 Å². The van der Waals surface area contributed by atoms with Gasteiger partial charge in [0.25, 0.3) is 5.91 Å². The fourth-order valence-corrected chi connectivity index (χ4v) is 3.54. The summed E-state index contributed by atoms with van der Waals surface area (Å²) in [4.78, 5) is 12.5. The highest BCUT2D eigenvalue weighted by Crippen LogP contribution is 2.30. The highest BCUT2D eigenvalue weighted by Gasteiger charge is 2.26. The number of rotatable bonds is 4. The standard InChI is InChI=1S/C21H19F2N3O/c22-17-10-9-15(11-18(17)23)21(27)25-19-7-4-8-20-16(19)12-24-26(20)13-14-5-2-1-3-6-14/h1-3,5-6,9-12,19H,4,7-8,13H2,(H,25,27). The van der Waals surface area contributed by atoms with Crippen molar-refractivity contribution < 1.29 is 13.6 Å². The third-order valence-corrected chi connectivity index (χ3v) is 4.93. The quantitative estimate of drug-likeness (QED) is 0.757. The Balaban J connectivity index is 1.53. The molecule has 0 fully saturated rings. The molecule has 6 heteroatoms. The number of carbonyl (C=O) groups excluding carboxylic acids is 1. The van der Waals surface area contributed by atoms with Crippen molar-refractivity contribution in [2.75, 3.05) is 0 Å². The molecule has 27 heavy (non-hydrogen) atoms. The third kappa shape index (κ3) is 3.60. The van der Waals surface area contributed by atoms with Gasteiger partial charge in [-0.2, -0.15) is 5.10 Å². The Labute approximate surface area is 155 Å². The molecule has 2 aromatic carbocycles. The zero-order valence-corrected chi connectivity index (χ0v) is 14.7. The van der Waals surface area contributed by atoms with Gasteiger partial charge in [-0.05, 0) is 43.0 Å². The maximum atomic E-state index is 13.4. The first-order valence-electron chi connectivity index (χ1n) is 8.96. The van der Waals surface area contributed by atoms with E-state index >= 15 is 0 Å². The molecule has 1 amide bonds. The van der Waals surface area contributed by atoms with Crippen molar-refractivity contribution in [2.45, 2.75) is 31.8 Å². The Morgan fingerprint density at radius 2 is 1.96 bits per heavy atom. The van der Waals surface area contributed by atoms with Crippen LogP contribution in [0, 0.1) is 11.6 Å². The number of aromatic nitrogens is 2. The smallest absolute Gasteiger partial charge is 0.251 e. The maximum absolute atomic E-state index is 13.4. The van der Waals surface area contributed by atoms with Crippen LogP contribution >= 0.6 is 0 Å². The first-order valence-corrected chi connectivity index (χ1v) is 8.96. The molecule has 1 N–H and O–H groups in total. The van der Waals surface area contributed by atoms with Crippen molar-refractivity contribution in [2.24, 2.45) is 0 Å². The molecule has 0 spiro atoms. The maximum Gasteiger partial charge on any atom is 0.251 e. The molecule has 0 bridgehead atoms. The Bertz CT molecular complexity index is 969. The zero-order valence-electron chi connectivity index (χ0n) is 14.7. The number of halogens is 2. The monoisotopic (exact) mass is 367 g/mol. The van der Waals surface area contributed by atoms with Gasteiger partial charge in [0.15, 0.2) is 11.6 Å². The number of amides is 1. The number of hydrogen-bond acceptors (Lipinski definition) is 2. The Kier molecular flexibility index (Phi) is 4.71. The number of carbonyl (C=O) groups is 1. The van der Waals surface area contributed by atoms with Crippen molar-refractivity contribution in [3.8, 4) is 0 Å². The summed E-state index contributed by atoms with van der Waals surface area (Å²) in [7, 11) is 0. The van der Waals surface area contributed by atoms with Crippen molar-refractivity contribution >= 4 is 5.91 Å². The van der Waals surface area contributed by atoms with E-state index in [-0.39, 0.29) is 11.6 Å². The van der Waals surface area contributed by atoms with E-state index < -0.39 is 17.5 Å². The minimum absolute atomic E-state index is 0.109. The molecule has 1 heterocycles. The second kappa shape index (κ2) is 7.31. The lowest BCUT2D eigenvalue weighted by Crippen LogP contribution is -2.31. The second-order valence-corrected chi connectivity index (χ2v) is 6.74. The SMILES string of the molecule is O=C(NC1CCCc2c1cnn2Cc1ccccc1)c1ccc(F)c(F)c1. The van der Waals surface area contributed by atoms with Crippen molar-refractivity contribution in [1.29, 1.82) is 0 Å². The van der Waals surface area contributed by atoms with Gasteiger partial charge in [0.05, 0.1) is 18.8 Å². The highest BCUT2D eigenvalue weighted by molar-refractivity contribution is 5.94. The van der Waals surface area contributed by atoms with Gasteiger partial charge in [-0.15, -0.1) is 0 Å². The molecule has 0 saturated heterocycles. The fraction of sp³-hybridized carbons (Fsp3) is 0.238. The van der Waals surface area contributed by atoms with Gasteiger partial charge in [-0.1, -0.05) is 30.3 Å². The van der Waals surface area contributed by atoms with Gasteiger partial charge in [-0.3, -0.25) is 9.48 Å².